The van der Waals surface area contributed by atoms with Gasteiger partial charge in [-0.05, 0) is 30.2 Å². The molecule has 0 aromatic carbocycles. The maximum Gasteiger partial charge on any atom is 0.279 e. The Morgan fingerprint density at radius 2 is 2.26 bits per heavy atom. The first-order valence-electron chi connectivity index (χ1n) is 7.73. The van der Waals surface area contributed by atoms with Gasteiger partial charge in [0.15, 0.2) is 0 Å². The molecule has 0 amide bonds. The highest BCUT2D eigenvalue weighted by atomic mass is 32.2. The molecule has 7 nitrogen and oxygen atoms in total. The smallest absolute Gasteiger partial charge is 0.279 e. The standard InChI is InChI=1S/C14H21N5O2S2/c1-11-3-2-7-19(9-11)23(20,21)18-6-5-15-13-12-4-8-22-14(12)17-10-16-13/h4,8,10-11,18H,2-3,5-7,9H2,1H3,(H,15,16,17). The van der Waals surface area contributed by atoms with E-state index in [2.05, 4.69) is 26.9 Å². The van der Waals surface area contributed by atoms with E-state index in [1.807, 2.05) is 11.4 Å². The molecule has 1 atom stereocenters. The molecule has 23 heavy (non-hydrogen) atoms. The van der Waals surface area contributed by atoms with E-state index >= 15 is 0 Å². The molecule has 0 saturated carbocycles. The molecular formula is C14H21N5O2S2. The quantitative estimate of drug-likeness (QED) is 0.770. The number of aromatic nitrogens is 2. The maximum absolute atomic E-state index is 12.3. The second kappa shape index (κ2) is 7.08. The molecule has 2 aromatic heterocycles. The third-order valence-electron chi connectivity index (χ3n) is 3.92. The number of piperidine rings is 1. The van der Waals surface area contributed by atoms with Crippen LogP contribution in [-0.2, 0) is 10.2 Å². The van der Waals surface area contributed by atoms with Crippen molar-refractivity contribution in [3.05, 3.63) is 17.8 Å². The predicted molar refractivity (Wildman–Crippen MR) is 92.8 cm³/mol. The molecule has 126 valence electrons. The normalized spacial score (nSPS) is 20.0. The summed E-state index contributed by atoms with van der Waals surface area (Å²) in [4.78, 5) is 9.32. The SMILES string of the molecule is CC1CCCN(S(=O)(=O)NCCNc2ncnc3sccc23)C1. The first-order chi connectivity index (χ1) is 11.1. The molecule has 0 bridgehead atoms. The number of nitrogens with zero attached hydrogens (tertiary/aromatic N) is 3. The van der Waals surface area contributed by atoms with Crippen molar-refractivity contribution in [2.75, 3.05) is 31.5 Å². The number of fused-ring (bicyclic) bond motifs is 1. The van der Waals surface area contributed by atoms with Crippen LogP contribution in [0.2, 0.25) is 0 Å². The fourth-order valence-electron chi connectivity index (χ4n) is 2.75. The van der Waals surface area contributed by atoms with Crippen molar-refractivity contribution in [2.45, 2.75) is 19.8 Å². The highest BCUT2D eigenvalue weighted by molar-refractivity contribution is 7.87. The van der Waals surface area contributed by atoms with Gasteiger partial charge < -0.3 is 5.32 Å². The van der Waals surface area contributed by atoms with E-state index in [1.165, 1.54) is 6.33 Å². The Balaban J connectivity index is 1.52. The molecule has 1 aliphatic heterocycles. The van der Waals surface area contributed by atoms with Crippen LogP contribution in [0.15, 0.2) is 17.8 Å². The van der Waals surface area contributed by atoms with Gasteiger partial charge in [-0.25, -0.2) is 14.7 Å². The van der Waals surface area contributed by atoms with E-state index in [4.69, 9.17) is 0 Å². The Hall–Kier alpha value is -1.29. The third-order valence-corrected chi connectivity index (χ3v) is 6.32. The molecule has 0 spiro atoms. The van der Waals surface area contributed by atoms with Gasteiger partial charge in [0, 0.05) is 26.2 Å². The van der Waals surface area contributed by atoms with E-state index in [9.17, 15) is 8.42 Å². The largest absolute Gasteiger partial charge is 0.368 e. The molecular weight excluding hydrogens is 334 g/mol. The van der Waals surface area contributed by atoms with E-state index < -0.39 is 10.2 Å². The summed E-state index contributed by atoms with van der Waals surface area (Å²) in [5.74, 6) is 1.16. The molecule has 3 rings (SSSR count). The van der Waals surface area contributed by atoms with Crippen molar-refractivity contribution >= 4 is 37.6 Å². The second-order valence-electron chi connectivity index (χ2n) is 5.79. The minimum Gasteiger partial charge on any atom is -0.368 e. The lowest BCUT2D eigenvalue weighted by Gasteiger charge is -2.29. The number of nitrogens with one attached hydrogen (secondary N) is 2. The van der Waals surface area contributed by atoms with Crippen LogP contribution in [-0.4, -0.2) is 48.9 Å². The van der Waals surface area contributed by atoms with Crippen LogP contribution in [0.5, 0.6) is 0 Å². The van der Waals surface area contributed by atoms with Gasteiger partial charge in [0.1, 0.15) is 17.0 Å². The summed E-state index contributed by atoms with van der Waals surface area (Å²) in [7, 11) is -3.39. The molecule has 1 unspecified atom stereocenters. The minimum atomic E-state index is -3.39. The Morgan fingerprint density at radius 3 is 3.09 bits per heavy atom. The predicted octanol–water partition coefficient (Wildman–Crippen LogP) is 1.67. The lowest BCUT2D eigenvalue weighted by molar-refractivity contribution is 0.278. The Kier molecular flexibility index (Phi) is 5.10. The number of hydrogen-bond donors (Lipinski definition) is 2. The van der Waals surface area contributed by atoms with Crippen LogP contribution in [0.3, 0.4) is 0 Å². The highest BCUT2D eigenvalue weighted by Gasteiger charge is 2.26. The summed E-state index contributed by atoms with van der Waals surface area (Å²) in [6.45, 7) is 4.09. The van der Waals surface area contributed by atoms with Crippen LogP contribution in [0.25, 0.3) is 10.2 Å². The number of rotatable bonds is 6. The van der Waals surface area contributed by atoms with Crippen LogP contribution in [0, 0.1) is 5.92 Å². The van der Waals surface area contributed by atoms with E-state index in [1.54, 1.807) is 15.6 Å². The van der Waals surface area contributed by atoms with Gasteiger partial charge in [0.25, 0.3) is 10.2 Å². The van der Waals surface area contributed by atoms with Crippen molar-refractivity contribution in [2.24, 2.45) is 5.92 Å². The van der Waals surface area contributed by atoms with Crippen molar-refractivity contribution in [3.63, 3.8) is 0 Å². The van der Waals surface area contributed by atoms with E-state index in [0.717, 1.165) is 28.9 Å². The fraction of sp³-hybridized carbons (Fsp3) is 0.571. The lowest BCUT2D eigenvalue weighted by Crippen LogP contribution is -2.46. The van der Waals surface area contributed by atoms with Crippen LogP contribution in [0.4, 0.5) is 5.82 Å². The summed E-state index contributed by atoms with van der Waals surface area (Å²) in [5, 5.41) is 6.09. The molecule has 3 heterocycles. The van der Waals surface area contributed by atoms with Gasteiger partial charge in [0.05, 0.1) is 5.39 Å². The summed E-state index contributed by atoms with van der Waals surface area (Å²) >= 11 is 1.55. The van der Waals surface area contributed by atoms with Gasteiger partial charge in [-0.2, -0.15) is 12.7 Å². The average molecular weight is 355 g/mol. The molecule has 1 saturated heterocycles. The van der Waals surface area contributed by atoms with Crippen molar-refractivity contribution in [1.29, 1.82) is 0 Å². The van der Waals surface area contributed by atoms with Crippen molar-refractivity contribution in [3.8, 4) is 0 Å². The number of hydrogen-bond acceptors (Lipinski definition) is 6. The van der Waals surface area contributed by atoms with Gasteiger partial charge in [-0.1, -0.05) is 6.92 Å². The molecule has 0 radical (unpaired) electrons. The Labute approximate surface area is 140 Å². The zero-order valence-electron chi connectivity index (χ0n) is 13.0. The second-order valence-corrected chi connectivity index (χ2v) is 8.44. The maximum atomic E-state index is 12.3. The zero-order valence-corrected chi connectivity index (χ0v) is 14.7. The average Bonchev–Trinajstić information content (AvgIpc) is 3.01. The van der Waals surface area contributed by atoms with Crippen LogP contribution >= 0.6 is 11.3 Å². The number of anilines is 1. The third kappa shape index (κ3) is 3.97. The van der Waals surface area contributed by atoms with Gasteiger partial charge >= 0.3 is 0 Å². The molecule has 2 N–H and O–H groups in total. The highest BCUT2D eigenvalue weighted by Crippen LogP contribution is 2.23. The molecule has 1 fully saturated rings. The lowest BCUT2D eigenvalue weighted by atomic mass is 10.0. The first-order valence-corrected chi connectivity index (χ1v) is 10.0. The van der Waals surface area contributed by atoms with Crippen molar-refractivity contribution in [1.82, 2.24) is 19.0 Å². The summed E-state index contributed by atoms with van der Waals surface area (Å²) in [5.41, 5.74) is 0. The molecule has 9 heteroatoms. The number of thiophene rings is 1. The fourth-order valence-corrected chi connectivity index (χ4v) is 4.84. The van der Waals surface area contributed by atoms with Gasteiger partial charge in [-0.3, -0.25) is 0 Å². The van der Waals surface area contributed by atoms with E-state index in [-0.39, 0.29) is 0 Å². The monoisotopic (exact) mass is 355 g/mol. The van der Waals surface area contributed by atoms with Crippen molar-refractivity contribution < 1.29 is 8.42 Å². The zero-order chi connectivity index (χ0) is 16.3. The Bertz CT molecular complexity index is 761. The molecule has 2 aromatic rings. The molecule has 1 aliphatic rings. The summed E-state index contributed by atoms with van der Waals surface area (Å²) in [6, 6.07) is 1.96. The summed E-state index contributed by atoms with van der Waals surface area (Å²) < 4.78 is 28.8. The Morgan fingerprint density at radius 1 is 1.39 bits per heavy atom. The van der Waals surface area contributed by atoms with Gasteiger partial charge in [-0.15, -0.1) is 11.3 Å². The summed E-state index contributed by atoms with van der Waals surface area (Å²) in [6.07, 6.45) is 3.54. The van der Waals surface area contributed by atoms with Crippen LogP contribution in [0.1, 0.15) is 19.8 Å². The van der Waals surface area contributed by atoms with E-state index in [0.29, 0.717) is 32.1 Å². The first kappa shape index (κ1) is 16.6. The minimum absolute atomic E-state index is 0.322. The van der Waals surface area contributed by atoms with Crippen LogP contribution < -0.4 is 10.0 Å². The topological polar surface area (TPSA) is 87.2 Å². The van der Waals surface area contributed by atoms with Gasteiger partial charge in [0.2, 0.25) is 0 Å². The molecule has 0 aliphatic carbocycles.